The lowest BCUT2D eigenvalue weighted by Gasteiger charge is -2.32. The Labute approximate surface area is 238 Å². The number of carbonyl (C=O) groups excluding carboxylic acids is 2. The fourth-order valence-corrected chi connectivity index (χ4v) is 5.21. The van der Waals surface area contributed by atoms with Crippen LogP contribution in [0.1, 0.15) is 48.0 Å². The lowest BCUT2D eigenvalue weighted by atomic mass is 9.93. The van der Waals surface area contributed by atoms with Crippen LogP contribution in [0.4, 0.5) is 11.5 Å². The zero-order valence-corrected chi connectivity index (χ0v) is 22.9. The van der Waals surface area contributed by atoms with Crippen molar-refractivity contribution in [2.24, 2.45) is 11.8 Å². The maximum absolute atomic E-state index is 12.8. The maximum Gasteiger partial charge on any atom is 0.277 e. The van der Waals surface area contributed by atoms with Crippen molar-refractivity contribution in [3.05, 3.63) is 87.1 Å². The van der Waals surface area contributed by atoms with Gasteiger partial charge in [-0.1, -0.05) is 23.7 Å². The fraction of sp³-hybridized carbons (Fsp3) is 0.367. The van der Waals surface area contributed by atoms with E-state index in [0.29, 0.717) is 29.4 Å². The summed E-state index contributed by atoms with van der Waals surface area (Å²) >= 11 is 5.98. The Bertz CT molecular complexity index is 1390. The molecule has 2 N–H and O–H groups in total. The molecule has 2 aromatic carbocycles. The molecule has 2 amide bonds. The van der Waals surface area contributed by atoms with E-state index in [1.807, 2.05) is 12.1 Å². The number of pyridine rings is 1. The van der Waals surface area contributed by atoms with Crippen molar-refractivity contribution >= 4 is 34.9 Å². The summed E-state index contributed by atoms with van der Waals surface area (Å²) < 4.78 is 0. The van der Waals surface area contributed by atoms with Gasteiger partial charge in [0.25, 0.3) is 11.6 Å². The summed E-state index contributed by atoms with van der Waals surface area (Å²) in [6, 6.07) is 15.7. The second-order valence-electron chi connectivity index (χ2n) is 10.6. The summed E-state index contributed by atoms with van der Waals surface area (Å²) in [5.41, 5.74) is 2.22. The van der Waals surface area contributed by atoms with Gasteiger partial charge in [0.05, 0.1) is 10.5 Å². The number of piperidine rings is 1. The van der Waals surface area contributed by atoms with E-state index in [2.05, 4.69) is 32.7 Å². The predicted molar refractivity (Wildman–Crippen MR) is 154 cm³/mol. The summed E-state index contributed by atoms with van der Waals surface area (Å²) in [6.07, 6.45) is 6.24. The highest BCUT2D eigenvalue weighted by Crippen LogP contribution is 2.33. The van der Waals surface area contributed by atoms with E-state index >= 15 is 0 Å². The number of carbonyl (C=O) groups is 2. The summed E-state index contributed by atoms with van der Waals surface area (Å²) in [7, 11) is 0. The second kappa shape index (κ2) is 12.6. The minimum absolute atomic E-state index is 0.0190. The molecule has 1 aromatic heterocycles. The summed E-state index contributed by atoms with van der Waals surface area (Å²) in [4.78, 5) is 42.9. The highest BCUT2D eigenvalue weighted by molar-refractivity contribution is 6.30. The van der Waals surface area contributed by atoms with Gasteiger partial charge in [-0.2, -0.15) is 0 Å². The van der Waals surface area contributed by atoms with Crippen molar-refractivity contribution < 1.29 is 14.5 Å². The Morgan fingerprint density at radius 3 is 2.48 bits per heavy atom. The molecule has 9 nitrogen and oxygen atoms in total. The molecule has 0 bridgehead atoms. The summed E-state index contributed by atoms with van der Waals surface area (Å²) in [5.74, 6) is 0.475. The minimum Gasteiger partial charge on any atom is -0.352 e. The number of nitrogens with zero attached hydrogens (tertiary/aromatic N) is 3. The number of rotatable bonds is 10. The van der Waals surface area contributed by atoms with Gasteiger partial charge in [0.1, 0.15) is 5.82 Å². The normalized spacial score (nSPS) is 15.9. The molecule has 0 unspecified atom stereocenters. The number of nitro groups is 1. The zero-order chi connectivity index (χ0) is 28.1. The van der Waals surface area contributed by atoms with E-state index in [9.17, 15) is 19.7 Å². The van der Waals surface area contributed by atoms with Gasteiger partial charge in [0.15, 0.2) is 0 Å². The lowest BCUT2D eigenvalue weighted by molar-refractivity contribution is -0.384. The molecule has 1 aliphatic carbocycles. The number of aromatic nitrogens is 1. The molecule has 2 fully saturated rings. The Balaban J connectivity index is 1.13. The number of anilines is 1. The highest BCUT2D eigenvalue weighted by atomic mass is 35.5. The highest BCUT2D eigenvalue weighted by Gasteiger charge is 2.30. The first-order valence-corrected chi connectivity index (χ1v) is 14.0. The summed E-state index contributed by atoms with van der Waals surface area (Å²) in [5, 5.41) is 18.3. The second-order valence-corrected chi connectivity index (χ2v) is 11.0. The van der Waals surface area contributed by atoms with Gasteiger partial charge < -0.3 is 10.6 Å². The molecule has 40 heavy (non-hydrogen) atoms. The number of nitro benzene ring substituents is 1. The van der Waals surface area contributed by atoms with Crippen LogP contribution in [0, 0.1) is 22.0 Å². The number of amides is 2. The van der Waals surface area contributed by atoms with Crippen molar-refractivity contribution in [1.82, 2.24) is 15.2 Å². The molecule has 0 spiro atoms. The van der Waals surface area contributed by atoms with Crippen LogP contribution in [0.25, 0.3) is 11.1 Å². The van der Waals surface area contributed by atoms with Crippen LogP contribution in [0.15, 0.2) is 60.8 Å². The molecule has 0 radical (unpaired) electrons. The molecule has 0 atom stereocenters. The van der Waals surface area contributed by atoms with Crippen molar-refractivity contribution in [3.63, 3.8) is 0 Å². The van der Waals surface area contributed by atoms with Gasteiger partial charge in [-0.25, -0.2) is 4.98 Å². The maximum atomic E-state index is 12.8. The van der Waals surface area contributed by atoms with Crippen LogP contribution < -0.4 is 10.6 Å². The third-order valence-electron chi connectivity index (χ3n) is 7.59. The van der Waals surface area contributed by atoms with Crippen LogP contribution in [0.5, 0.6) is 0 Å². The van der Waals surface area contributed by atoms with Crippen molar-refractivity contribution in [1.29, 1.82) is 0 Å². The molecule has 10 heteroatoms. The Morgan fingerprint density at radius 2 is 1.77 bits per heavy atom. The van der Waals surface area contributed by atoms with E-state index < -0.39 is 4.92 Å². The van der Waals surface area contributed by atoms with E-state index in [1.54, 1.807) is 24.3 Å². The Hall–Kier alpha value is -3.82. The Morgan fingerprint density at radius 1 is 1.02 bits per heavy atom. The van der Waals surface area contributed by atoms with Gasteiger partial charge in [-0.05, 0) is 98.6 Å². The first-order valence-electron chi connectivity index (χ1n) is 13.7. The number of hydrogen-bond acceptors (Lipinski definition) is 6. The van der Waals surface area contributed by atoms with Crippen LogP contribution in [-0.2, 0) is 11.3 Å². The third-order valence-corrected chi connectivity index (χ3v) is 7.84. The van der Waals surface area contributed by atoms with Crippen molar-refractivity contribution in [2.45, 2.75) is 38.6 Å². The first-order chi connectivity index (χ1) is 19.4. The molecule has 1 saturated heterocycles. The molecule has 5 rings (SSSR count). The number of benzene rings is 2. The predicted octanol–water partition coefficient (Wildman–Crippen LogP) is 5.69. The van der Waals surface area contributed by atoms with Gasteiger partial charge in [0, 0.05) is 41.9 Å². The van der Waals surface area contributed by atoms with Gasteiger partial charge >= 0.3 is 0 Å². The topological polar surface area (TPSA) is 117 Å². The monoisotopic (exact) mass is 561 g/mol. The van der Waals surface area contributed by atoms with Crippen LogP contribution in [-0.4, -0.2) is 46.3 Å². The van der Waals surface area contributed by atoms with Gasteiger partial charge in [-0.3, -0.25) is 24.6 Å². The number of nitrogens with one attached hydrogen (secondary N) is 2. The van der Waals surface area contributed by atoms with E-state index in [4.69, 9.17) is 11.6 Å². The number of likely N-dealkylation sites (tertiary alicyclic amines) is 1. The van der Waals surface area contributed by atoms with Crippen LogP contribution in [0.3, 0.4) is 0 Å². The standard InChI is InChI=1S/C30H32ClN5O4/c31-25-6-1-21(2-7-25)19-35-15-11-20(12-16-35)9-13-33-29(37)24-5-8-26(27(17-24)36(39)40)23-10-14-32-28(18-23)34-30(38)22-3-4-22/h1-2,5-8,10,14,17-18,20,22H,3-4,9,11-13,15-16,19H2,(H,33,37)(H,32,34,38). The molecule has 2 aliphatic rings. The number of hydrogen-bond donors (Lipinski definition) is 2. The smallest absolute Gasteiger partial charge is 0.277 e. The van der Waals surface area contributed by atoms with E-state index in [1.165, 1.54) is 17.8 Å². The molecule has 208 valence electrons. The number of halogens is 1. The van der Waals surface area contributed by atoms with Crippen molar-refractivity contribution in [3.8, 4) is 11.1 Å². The molecule has 1 saturated carbocycles. The molecule has 2 heterocycles. The minimum atomic E-state index is -0.493. The van der Waals surface area contributed by atoms with Crippen LogP contribution >= 0.6 is 11.6 Å². The largest absolute Gasteiger partial charge is 0.352 e. The first kappa shape index (κ1) is 27.7. The molecule has 3 aromatic rings. The van der Waals surface area contributed by atoms with Crippen molar-refractivity contribution in [2.75, 3.05) is 25.0 Å². The fourth-order valence-electron chi connectivity index (χ4n) is 5.08. The Kier molecular flexibility index (Phi) is 8.72. The SMILES string of the molecule is O=C(NCCC1CCN(Cc2ccc(Cl)cc2)CC1)c1ccc(-c2ccnc(NC(=O)C3CC3)c2)c([N+](=O)[O-])c1. The quantitative estimate of drug-likeness (QED) is 0.242. The molecular weight excluding hydrogens is 530 g/mol. The van der Waals surface area contributed by atoms with E-state index in [0.717, 1.165) is 56.8 Å². The average Bonchev–Trinajstić information content (AvgIpc) is 3.81. The lowest BCUT2D eigenvalue weighted by Crippen LogP contribution is -2.34. The van der Waals surface area contributed by atoms with E-state index in [-0.39, 0.29) is 29.0 Å². The van der Waals surface area contributed by atoms with Crippen LogP contribution in [0.2, 0.25) is 5.02 Å². The third kappa shape index (κ3) is 7.22. The average molecular weight is 562 g/mol. The molecule has 1 aliphatic heterocycles. The van der Waals surface area contributed by atoms with Gasteiger partial charge in [0.2, 0.25) is 5.91 Å². The zero-order valence-electron chi connectivity index (χ0n) is 22.1. The van der Waals surface area contributed by atoms with Gasteiger partial charge in [-0.15, -0.1) is 0 Å². The molecular formula is C30H32ClN5O4. The summed E-state index contributed by atoms with van der Waals surface area (Å²) in [6.45, 7) is 3.45.